The van der Waals surface area contributed by atoms with Crippen molar-refractivity contribution in [1.82, 2.24) is 0 Å². The van der Waals surface area contributed by atoms with Crippen molar-refractivity contribution in [2.75, 3.05) is 0 Å². The van der Waals surface area contributed by atoms with Gasteiger partial charge in [0.1, 0.15) is 0 Å². The van der Waals surface area contributed by atoms with Gasteiger partial charge in [0.25, 0.3) is 0 Å². The van der Waals surface area contributed by atoms with E-state index in [4.69, 9.17) is 0 Å². The van der Waals surface area contributed by atoms with Gasteiger partial charge in [-0.2, -0.15) is 0 Å². The zero-order valence-corrected chi connectivity index (χ0v) is 18.8. The minimum Gasteiger partial charge on any atom is -1.00 e. The first-order valence-corrected chi connectivity index (χ1v) is 10.7. The van der Waals surface area contributed by atoms with Crippen molar-refractivity contribution in [3.05, 3.63) is 0 Å². The molecule has 0 heterocycles. The molecule has 0 aromatic heterocycles. The molecule has 2 fully saturated rings. The van der Waals surface area contributed by atoms with E-state index in [0.717, 1.165) is 47.3 Å². The fourth-order valence-electron chi connectivity index (χ4n) is 5.87. The molecule has 0 radical (unpaired) electrons. The summed E-state index contributed by atoms with van der Waals surface area (Å²) in [5.74, 6) is 7.57. The molecule has 0 amide bonds. The second-order valence-electron chi connectivity index (χ2n) is 9.93. The molecule has 0 nitrogen and oxygen atoms in total. The molecule has 6 atom stereocenters. The monoisotopic (exact) mass is 396 g/mol. The van der Waals surface area contributed by atoms with E-state index in [9.17, 15) is 0 Å². The van der Waals surface area contributed by atoms with Crippen LogP contribution in [0.1, 0.15) is 80.1 Å². The Bertz CT molecular complexity index is 309. The molecule has 0 bridgehead atoms. The molecule has 0 spiro atoms. The third kappa shape index (κ3) is 6.37. The summed E-state index contributed by atoms with van der Waals surface area (Å²) in [4.78, 5) is 0. The second-order valence-corrected chi connectivity index (χ2v) is 9.93. The molecule has 0 aromatic rings. The molecule has 24 heavy (non-hydrogen) atoms. The first kappa shape index (κ1) is 22.6. The standard InChI is InChI=1S/C22H42B.BrH/c1-15(2)21-9-7-17(5)11-19(21)13-23-14-20-12-18(6)8-10-22(20)16(3)4;/h15-22H,7-14H2,1-6H3;1H/q+1;/p-1/t17-,18-,19-,20-,21+,22+;/m0./s1. The van der Waals surface area contributed by atoms with Gasteiger partial charge in [-0.15, -0.1) is 0 Å². The van der Waals surface area contributed by atoms with Crippen molar-refractivity contribution in [2.45, 2.75) is 92.7 Å². The van der Waals surface area contributed by atoms with E-state index in [0.29, 0.717) is 0 Å². The van der Waals surface area contributed by atoms with Gasteiger partial charge >= 0.3 is 147 Å². The van der Waals surface area contributed by atoms with Crippen molar-refractivity contribution in [1.29, 1.82) is 0 Å². The first-order valence-electron chi connectivity index (χ1n) is 10.7. The van der Waals surface area contributed by atoms with Gasteiger partial charge in [-0.3, -0.25) is 0 Å². The van der Waals surface area contributed by atoms with Crippen molar-refractivity contribution >= 4 is 7.28 Å². The van der Waals surface area contributed by atoms with Crippen LogP contribution < -0.4 is 17.0 Å². The molecule has 0 unspecified atom stereocenters. The number of rotatable bonds is 6. The summed E-state index contributed by atoms with van der Waals surface area (Å²) >= 11 is 0. The summed E-state index contributed by atoms with van der Waals surface area (Å²) in [6, 6.07) is 0. The van der Waals surface area contributed by atoms with Crippen LogP contribution in [0, 0.1) is 47.3 Å². The van der Waals surface area contributed by atoms with Gasteiger partial charge in [-0.25, -0.2) is 0 Å². The molecule has 2 aliphatic rings. The number of halogens is 1. The maximum Gasteiger partial charge on any atom is -1.00 e. The van der Waals surface area contributed by atoms with E-state index >= 15 is 0 Å². The van der Waals surface area contributed by atoms with Crippen LogP contribution in [0.25, 0.3) is 0 Å². The van der Waals surface area contributed by atoms with E-state index in [-0.39, 0.29) is 17.0 Å². The molecule has 0 aliphatic heterocycles. The third-order valence-electron chi connectivity index (χ3n) is 7.26. The molecule has 2 rings (SSSR count). The largest absolute Gasteiger partial charge is 1.00 e. The topological polar surface area (TPSA) is 0 Å². The summed E-state index contributed by atoms with van der Waals surface area (Å²) in [7, 11) is 2.72. The predicted molar refractivity (Wildman–Crippen MR) is 105 cm³/mol. The summed E-state index contributed by atoms with van der Waals surface area (Å²) in [5.41, 5.74) is 0. The van der Waals surface area contributed by atoms with Crippen LogP contribution in [-0.2, 0) is 0 Å². The van der Waals surface area contributed by atoms with Crippen LogP contribution in [0.2, 0.25) is 12.6 Å². The van der Waals surface area contributed by atoms with Gasteiger partial charge in [-0.1, -0.05) is 0 Å². The molecule has 2 saturated carbocycles. The molecule has 0 saturated heterocycles. The van der Waals surface area contributed by atoms with Gasteiger partial charge in [0.15, 0.2) is 0 Å². The fraction of sp³-hybridized carbons (Fsp3) is 1.00. The van der Waals surface area contributed by atoms with Crippen LogP contribution in [0.4, 0.5) is 0 Å². The summed E-state index contributed by atoms with van der Waals surface area (Å²) in [6.07, 6.45) is 11.6. The quantitative estimate of drug-likeness (QED) is 0.596. The first-order chi connectivity index (χ1) is 10.9. The number of hydrogen-bond donors (Lipinski definition) is 0. The Balaban J connectivity index is 0.00000288. The molecule has 0 aromatic carbocycles. The molecular weight excluding hydrogens is 355 g/mol. The van der Waals surface area contributed by atoms with E-state index < -0.39 is 0 Å². The Kier molecular flexibility index (Phi) is 10.0. The van der Waals surface area contributed by atoms with Gasteiger partial charge in [0.2, 0.25) is 0 Å². The predicted octanol–water partition coefficient (Wildman–Crippen LogP) is 3.95. The fourth-order valence-corrected chi connectivity index (χ4v) is 5.87. The minimum absolute atomic E-state index is 0. The molecule has 140 valence electrons. The molecule has 2 aliphatic carbocycles. The van der Waals surface area contributed by atoms with Gasteiger partial charge in [-0.05, 0) is 0 Å². The summed E-state index contributed by atoms with van der Waals surface area (Å²) in [5, 5.41) is 0. The van der Waals surface area contributed by atoms with E-state index in [1.54, 1.807) is 0 Å². The zero-order chi connectivity index (χ0) is 17.0. The molecular formula is C22H42BBr. The smallest absolute Gasteiger partial charge is 1.00 e. The van der Waals surface area contributed by atoms with Crippen molar-refractivity contribution in [3.63, 3.8) is 0 Å². The van der Waals surface area contributed by atoms with Crippen LogP contribution in [-0.4, -0.2) is 7.28 Å². The van der Waals surface area contributed by atoms with Crippen LogP contribution in [0.5, 0.6) is 0 Å². The van der Waals surface area contributed by atoms with E-state index in [1.807, 2.05) is 0 Å². The Morgan fingerprint density at radius 2 is 1.08 bits per heavy atom. The molecule has 2 heteroatoms. The van der Waals surface area contributed by atoms with Crippen molar-refractivity contribution < 1.29 is 17.0 Å². The van der Waals surface area contributed by atoms with Gasteiger partial charge < -0.3 is 17.0 Å². The number of hydrogen-bond acceptors (Lipinski definition) is 0. The second kappa shape index (κ2) is 10.6. The third-order valence-corrected chi connectivity index (χ3v) is 7.26. The average molecular weight is 397 g/mol. The Labute approximate surface area is 164 Å². The maximum atomic E-state index is 2.72. The summed E-state index contributed by atoms with van der Waals surface area (Å²) < 4.78 is 0. The van der Waals surface area contributed by atoms with Crippen molar-refractivity contribution in [3.8, 4) is 0 Å². The van der Waals surface area contributed by atoms with Gasteiger partial charge in [0, 0.05) is 0 Å². The van der Waals surface area contributed by atoms with Crippen LogP contribution in [0.3, 0.4) is 0 Å². The Morgan fingerprint density at radius 1 is 0.708 bits per heavy atom. The van der Waals surface area contributed by atoms with E-state index in [2.05, 4.69) is 48.8 Å². The summed E-state index contributed by atoms with van der Waals surface area (Å²) in [6.45, 7) is 14.7. The minimum atomic E-state index is 0. The normalized spacial score (nSPS) is 37.2. The Morgan fingerprint density at radius 3 is 1.42 bits per heavy atom. The maximum absolute atomic E-state index is 2.72. The van der Waals surface area contributed by atoms with E-state index in [1.165, 1.54) is 51.2 Å². The van der Waals surface area contributed by atoms with Gasteiger partial charge in [0.05, 0.1) is 0 Å². The van der Waals surface area contributed by atoms with Crippen LogP contribution in [0.15, 0.2) is 0 Å². The Hall–Kier alpha value is 0.545. The zero-order valence-electron chi connectivity index (χ0n) is 17.2. The molecule has 0 N–H and O–H groups in total. The van der Waals surface area contributed by atoms with Crippen molar-refractivity contribution in [2.24, 2.45) is 47.3 Å². The SMILES string of the molecule is CC(C)[C@H]1CC[C@H](C)C[C@H]1C[B+]C[C@@H]1C[C@@H](C)CC[C@@H]1C(C)C.[Br-]. The van der Waals surface area contributed by atoms with Crippen LogP contribution >= 0.6 is 0 Å². The average Bonchev–Trinajstić information content (AvgIpc) is 2.46.